The molecule has 0 rings (SSSR count). The van der Waals surface area contributed by atoms with Crippen LogP contribution in [0.25, 0.3) is 0 Å². The van der Waals surface area contributed by atoms with E-state index in [1.807, 2.05) is 11.8 Å². The van der Waals surface area contributed by atoms with Crippen molar-refractivity contribution in [3.05, 3.63) is 0 Å². The molecular formula is C7H16O3S3. The van der Waals surface area contributed by atoms with Crippen LogP contribution < -0.4 is 0 Å². The molecule has 0 saturated carbocycles. The van der Waals surface area contributed by atoms with E-state index in [9.17, 15) is 8.42 Å². The maximum atomic E-state index is 10.3. The zero-order valence-corrected chi connectivity index (χ0v) is 10.2. The van der Waals surface area contributed by atoms with Gasteiger partial charge in [-0.3, -0.25) is 4.55 Å². The second kappa shape index (κ2) is 7.96. The van der Waals surface area contributed by atoms with Gasteiger partial charge in [0.1, 0.15) is 0 Å². The van der Waals surface area contributed by atoms with Crippen molar-refractivity contribution in [1.29, 1.82) is 0 Å². The van der Waals surface area contributed by atoms with Crippen LogP contribution in [0.5, 0.6) is 0 Å². The number of thioether (sulfide) groups is 1. The molecule has 0 aromatic rings. The Hall–Kier alpha value is 0.610. The normalized spacial score (nSPS) is 11.8. The van der Waals surface area contributed by atoms with Crippen molar-refractivity contribution < 1.29 is 13.0 Å². The third-order valence-electron chi connectivity index (χ3n) is 1.48. The lowest BCUT2D eigenvalue weighted by molar-refractivity contribution is 0.503. The average Bonchev–Trinajstić information content (AvgIpc) is 2.01. The molecule has 0 amide bonds. The summed E-state index contributed by atoms with van der Waals surface area (Å²) in [4.78, 5) is 0. The molecular weight excluding hydrogens is 228 g/mol. The van der Waals surface area contributed by atoms with Crippen LogP contribution in [0.15, 0.2) is 0 Å². The lowest BCUT2D eigenvalue weighted by Crippen LogP contribution is -1.92. The van der Waals surface area contributed by atoms with Gasteiger partial charge in [-0.25, -0.2) is 0 Å². The van der Waals surface area contributed by atoms with Crippen LogP contribution in [0.2, 0.25) is 0 Å². The zero-order chi connectivity index (χ0) is 10.2. The van der Waals surface area contributed by atoms with Gasteiger partial charge in [0.15, 0.2) is 0 Å². The summed E-state index contributed by atoms with van der Waals surface area (Å²) >= 11 is 1.83. The molecule has 0 unspecified atom stereocenters. The maximum absolute atomic E-state index is 10.3. The van der Waals surface area contributed by atoms with E-state index in [1.54, 1.807) is 0 Å². The van der Waals surface area contributed by atoms with Gasteiger partial charge in [0.2, 0.25) is 0 Å². The molecule has 0 aliphatic heterocycles. The number of unbranched alkanes of at least 4 members (excludes halogenated alkanes) is 3. The van der Waals surface area contributed by atoms with E-state index in [1.165, 1.54) is 12.2 Å². The van der Waals surface area contributed by atoms with Gasteiger partial charge < -0.3 is 0 Å². The third kappa shape index (κ3) is 12.6. The van der Waals surface area contributed by atoms with E-state index in [2.05, 4.69) is 6.26 Å². The van der Waals surface area contributed by atoms with Crippen LogP contribution in [0.4, 0.5) is 0 Å². The summed E-state index contributed by atoms with van der Waals surface area (Å²) < 4.78 is 29.0. The van der Waals surface area contributed by atoms with Crippen molar-refractivity contribution in [2.75, 3.05) is 17.8 Å². The molecule has 0 aromatic carbocycles. The van der Waals surface area contributed by atoms with E-state index in [0.717, 1.165) is 19.3 Å². The van der Waals surface area contributed by atoms with E-state index < -0.39 is 9.15 Å². The van der Waals surface area contributed by atoms with Gasteiger partial charge in [-0.05, 0) is 35.6 Å². The van der Waals surface area contributed by atoms with Crippen LogP contribution in [-0.4, -0.2) is 30.7 Å². The van der Waals surface area contributed by atoms with Crippen LogP contribution in [0.1, 0.15) is 25.7 Å². The predicted octanol–water partition coefficient (Wildman–Crippen LogP) is 2.45. The van der Waals surface area contributed by atoms with Crippen molar-refractivity contribution in [2.45, 2.75) is 25.7 Å². The first kappa shape index (κ1) is 13.6. The maximum Gasteiger partial charge on any atom is 0.319 e. The number of rotatable bonds is 8. The standard InChI is InChI=1S/C7H16O3S3/c1-11-6-4-2-3-5-7-12-13(8,9)10/h2-7H2,1H3,(H,8,9,10). The molecule has 13 heavy (non-hydrogen) atoms. The Morgan fingerprint density at radius 2 is 1.62 bits per heavy atom. The fraction of sp³-hybridized carbons (Fsp3) is 1.00. The molecule has 0 spiro atoms. The van der Waals surface area contributed by atoms with E-state index in [-0.39, 0.29) is 0 Å². The van der Waals surface area contributed by atoms with Crippen molar-refractivity contribution in [3.63, 3.8) is 0 Å². The lowest BCUT2D eigenvalue weighted by Gasteiger charge is -1.98. The highest BCUT2D eigenvalue weighted by Crippen LogP contribution is 2.13. The molecule has 80 valence electrons. The molecule has 0 radical (unpaired) electrons. The molecule has 0 fully saturated rings. The van der Waals surface area contributed by atoms with Gasteiger partial charge in [-0.1, -0.05) is 12.8 Å². The molecule has 0 aromatic heterocycles. The van der Waals surface area contributed by atoms with Crippen LogP contribution >= 0.6 is 22.6 Å². The summed E-state index contributed by atoms with van der Waals surface area (Å²) in [5.74, 6) is 1.67. The molecule has 0 atom stereocenters. The molecule has 3 nitrogen and oxygen atoms in total. The Bertz CT molecular complexity index is 201. The third-order valence-corrected chi connectivity index (χ3v) is 4.32. The smallest absolute Gasteiger partial charge is 0.277 e. The molecule has 0 heterocycles. The van der Waals surface area contributed by atoms with Gasteiger partial charge in [-0.15, -0.1) is 0 Å². The first-order valence-corrected chi connectivity index (χ1v) is 8.50. The lowest BCUT2D eigenvalue weighted by atomic mass is 10.2. The molecule has 0 aliphatic carbocycles. The average molecular weight is 244 g/mol. The zero-order valence-electron chi connectivity index (χ0n) is 7.73. The highest BCUT2D eigenvalue weighted by molar-refractivity contribution is 8.69. The molecule has 6 heteroatoms. The van der Waals surface area contributed by atoms with Gasteiger partial charge in [-0.2, -0.15) is 20.2 Å². The molecule has 0 saturated heterocycles. The predicted molar refractivity (Wildman–Crippen MR) is 60.9 cm³/mol. The van der Waals surface area contributed by atoms with Crippen LogP contribution in [0.3, 0.4) is 0 Å². The van der Waals surface area contributed by atoms with E-state index in [4.69, 9.17) is 4.55 Å². The SMILES string of the molecule is CSCCCCCCSS(=O)(=O)O. The summed E-state index contributed by atoms with van der Waals surface area (Å²) in [6.45, 7) is 0. The molecule has 0 aliphatic rings. The van der Waals surface area contributed by atoms with Crippen molar-refractivity contribution >= 4 is 31.7 Å². The number of hydrogen-bond donors (Lipinski definition) is 1. The topological polar surface area (TPSA) is 54.4 Å². The van der Waals surface area contributed by atoms with E-state index in [0.29, 0.717) is 16.5 Å². The number of hydrogen-bond acceptors (Lipinski definition) is 4. The van der Waals surface area contributed by atoms with Crippen molar-refractivity contribution in [3.8, 4) is 0 Å². The Morgan fingerprint density at radius 1 is 1.08 bits per heavy atom. The highest BCUT2D eigenvalue weighted by Gasteiger charge is 2.03. The fourth-order valence-electron chi connectivity index (χ4n) is 0.866. The minimum absolute atomic E-state index is 0.498. The van der Waals surface area contributed by atoms with Gasteiger partial charge in [0.05, 0.1) is 0 Å². The minimum atomic E-state index is -3.81. The van der Waals surface area contributed by atoms with Crippen molar-refractivity contribution in [2.24, 2.45) is 0 Å². The Balaban J connectivity index is 3.09. The monoisotopic (exact) mass is 244 g/mol. The minimum Gasteiger partial charge on any atom is -0.277 e. The second-order valence-electron chi connectivity index (χ2n) is 2.66. The van der Waals surface area contributed by atoms with E-state index >= 15 is 0 Å². The summed E-state index contributed by atoms with van der Waals surface area (Å²) in [6.07, 6.45) is 6.32. The van der Waals surface area contributed by atoms with Gasteiger partial charge in [0, 0.05) is 5.75 Å². The first-order chi connectivity index (χ1) is 6.06. The second-order valence-corrected chi connectivity index (χ2v) is 7.11. The Labute approximate surface area is 88.2 Å². The molecule has 0 bridgehead atoms. The highest BCUT2D eigenvalue weighted by atomic mass is 33.1. The Morgan fingerprint density at radius 3 is 2.08 bits per heavy atom. The van der Waals surface area contributed by atoms with Crippen LogP contribution in [-0.2, 0) is 9.15 Å². The van der Waals surface area contributed by atoms with Crippen LogP contribution in [0, 0.1) is 0 Å². The first-order valence-electron chi connectivity index (χ1n) is 4.17. The fourth-order valence-corrected chi connectivity index (χ4v) is 2.88. The summed E-state index contributed by atoms with van der Waals surface area (Å²) in [7, 11) is -3.19. The summed E-state index contributed by atoms with van der Waals surface area (Å²) in [6, 6.07) is 0. The molecule has 1 N–H and O–H groups in total. The quantitative estimate of drug-likeness (QED) is 0.404. The Kier molecular flexibility index (Phi) is 8.34. The van der Waals surface area contributed by atoms with Crippen molar-refractivity contribution in [1.82, 2.24) is 0 Å². The summed E-state index contributed by atoms with van der Waals surface area (Å²) in [5, 5.41) is 0. The van der Waals surface area contributed by atoms with Gasteiger partial charge in [0.25, 0.3) is 0 Å². The largest absolute Gasteiger partial charge is 0.319 e. The van der Waals surface area contributed by atoms with Gasteiger partial charge >= 0.3 is 9.15 Å². The summed E-state index contributed by atoms with van der Waals surface area (Å²) in [5.41, 5.74) is 0.